The number of methoxy groups -OCH3 is 1. The van der Waals surface area contributed by atoms with Crippen LogP contribution in [-0.2, 0) is 14.2 Å². The van der Waals surface area contributed by atoms with E-state index in [0.29, 0.717) is 6.61 Å². The Balaban J connectivity index is 1.90. The highest BCUT2D eigenvalue weighted by Gasteiger charge is 2.45. The minimum atomic E-state index is -0.340. The van der Waals surface area contributed by atoms with E-state index < -0.39 is 0 Å². The van der Waals surface area contributed by atoms with Crippen LogP contribution in [0.1, 0.15) is 52.4 Å². The first kappa shape index (κ1) is 15.2. The number of ether oxygens (including phenoxy) is 3. The average molecular weight is 272 g/mol. The van der Waals surface area contributed by atoms with Gasteiger partial charge in [0.2, 0.25) is 0 Å². The molecule has 2 rings (SSSR count). The lowest BCUT2D eigenvalue weighted by atomic mass is 9.94. The van der Waals surface area contributed by atoms with Crippen LogP contribution in [0.15, 0.2) is 0 Å². The summed E-state index contributed by atoms with van der Waals surface area (Å²) in [6.07, 6.45) is 6.17. The summed E-state index contributed by atoms with van der Waals surface area (Å²) in [6, 6.07) is 0. The average Bonchev–Trinajstić information content (AvgIpc) is 2.80. The lowest BCUT2D eigenvalue weighted by Gasteiger charge is -2.33. The van der Waals surface area contributed by atoms with Gasteiger partial charge in [-0.1, -0.05) is 13.3 Å². The first-order valence-corrected chi connectivity index (χ1v) is 7.59. The van der Waals surface area contributed by atoms with Crippen LogP contribution in [0.3, 0.4) is 0 Å². The summed E-state index contributed by atoms with van der Waals surface area (Å²) in [4.78, 5) is 0. The molecule has 1 aliphatic heterocycles. The van der Waals surface area contributed by atoms with E-state index in [1.807, 2.05) is 13.8 Å². The highest BCUT2D eigenvalue weighted by atomic mass is 16.8. The van der Waals surface area contributed by atoms with Crippen molar-refractivity contribution in [1.82, 2.24) is 0 Å². The number of hydrogen-bond acceptors (Lipinski definition) is 4. The molecular formula is C15H28O4. The minimum Gasteiger partial charge on any atom is -0.393 e. The van der Waals surface area contributed by atoms with Crippen molar-refractivity contribution in [2.75, 3.05) is 13.7 Å². The third kappa shape index (κ3) is 3.69. The van der Waals surface area contributed by atoms with Gasteiger partial charge >= 0.3 is 0 Å². The predicted molar refractivity (Wildman–Crippen MR) is 72.9 cm³/mol. The molecule has 0 amide bonds. The van der Waals surface area contributed by atoms with Gasteiger partial charge in [-0.25, -0.2) is 0 Å². The van der Waals surface area contributed by atoms with Crippen molar-refractivity contribution < 1.29 is 19.3 Å². The summed E-state index contributed by atoms with van der Waals surface area (Å²) < 4.78 is 17.7. The molecule has 4 atom stereocenters. The Kier molecular flexibility index (Phi) is 5.23. The van der Waals surface area contributed by atoms with Gasteiger partial charge in [0.15, 0.2) is 5.79 Å². The smallest absolute Gasteiger partial charge is 0.169 e. The van der Waals surface area contributed by atoms with Gasteiger partial charge in [0.1, 0.15) is 6.10 Å². The Morgan fingerprint density at radius 2 is 1.95 bits per heavy atom. The molecule has 1 spiro atoms. The van der Waals surface area contributed by atoms with E-state index in [9.17, 15) is 5.11 Å². The second-order valence-corrected chi connectivity index (χ2v) is 6.17. The molecule has 0 radical (unpaired) electrons. The fourth-order valence-corrected chi connectivity index (χ4v) is 3.08. The van der Waals surface area contributed by atoms with Crippen molar-refractivity contribution in [3.63, 3.8) is 0 Å². The maximum absolute atomic E-state index is 9.62. The Labute approximate surface area is 116 Å². The maximum Gasteiger partial charge on any atom is 0.169 e. The highest BCUT2D eigenvalue weighted by molar-refractivity contribution is 4.86. The van der Waals surface area contributed by atoms with Crippen molar-refractivity contribution in [2.45, 2.75) is 76.5 Å². The van der Waals surface area contributed by atoms with Gasteiger partial charge < -0.3 is 19.3 Å². The van der Waals surface area contributed by atoms with Gasteiger partial charge in [0.05, 0.1) is 18.8 Å². The van der Waals surface area contributed by atoms with Crippen molar-refractivity contribution in [3.05, 3.63) is 0 Å². The molecule has 1 saturated heterocycles. The summed E-state index contributed by atoms with van der Waals surface area (Å²) >= 11 is 0. The SMILES string of the molecule is CO[C@@H](CC(C)C(C)O)[C@H]1COC2(CCCCC2)O1. The zero-order valence-electron chi connectivity index (χ0n) is 12.4. The molecule has 1 aliphatic carbocycles. The fourth-order valence-electron chi connectivity index (χ4n) is 3.08. The molecule has 0 aromatic heterocycles. The molecule has 2 fully saturated rings. The van der Waals surface area contributed by atoms with Crippen LogP contribution in [-0.4, -0.2) is 42.9 Å². The molecular weight excluding hydrogens is 244 g/mol. The summed E-state index contributed by atoms with van der Waals surface area (Å²) in [5.74, 6) is -0.134. The van der Waals surface area contributed by atoms with E-state index in [2.05, 4.69) is 0 Å². The quantitative estimate of drug-likeness (QED) is 0.835. The molecule has 2 aliphatic rings. The van der Waals surface area contributed by atoms with E-state index >= 15 is 0 Å². The van der Waals surface area contributed by atoms with E-state index in [1.165, 1.54) is 19.3 Å². The molecule has 1 saturated carbocycles. The van der Waals surface area contributed by atoms with Crippen LogP contribution in [0.4, 0.5) is 0 Å². The molecule has 4 heteroatoms. The van der Waals surface area contributed by atoms with Gasteiger partial charge in [-0.05, 0) is 32.1 Å². The van der Waals surface area contributed by atoms with Crippen LogP contribution < -0.4 is 0 Å². The Morgan fingerprint density at radius 3 is 2.53 bits per heavy atom. The topological polar surface area (TPSA) is 47.9 Å². The van der Waals surface area contributed by atoms with Crippen molar-refractivity contribution >= 4 is 0 Å². The lowest BCUT2D eigenvalue weighted by Crippen LogP contribution is -2.38. The first-order chi connectivity index (χ1) is 9.06. The van der Waals surface area contributed by atoms with Crippen LogP contribution in [0.5, 0.6) is 0 Å². The van der Waals surface area contributed by atoms with Crippen molar-refractivity contribution in [1.29, 1.82) is 0 Å². The lowest BCUT2D eigenvalue weighted by molar-refractivity contribution is -0.198. The standard InChI is InChI=1S/C15H28O4/c1-11(12(2)16)9-13(17-3)14-10-18-15(19-14)7-5-4-6-8-15/h11-14,16H,4-10H2,1-3H3/t11?,12?,13-,14+/m0/s1. The molecule has 0 bridgehead atoms. The molecule has 1 N–H and O–H groups in total. The summed E-state index contributed by atoms with van der Waals surface area (Å²) in [5, 5.41) is 9.62. The normalized spacial score (nSPS) is 31.3. The molecule has 0 aromatic carbocycles. The number of aliphatic hydroxyl groups excluding tert-OH is 1. The molecule has 4 nitrogen and oxygen atoms in total. The third-order valence-corrected chi connectivity index (χ3v) is 4.64. The number of aliphatic hydroxyl groups is 1. The van der Waals surface area contributed by atoms with E-state index in [4.69, 9.17) is 14.2 Å². The Hall–Kier alpha value is -0.160. The summed E-state index contributed by atoms with van der Waals surface area (Å²) in [7, 11) is 1.72. The zero-order valence-corrected chi connectivity index (χ0v) is 12.4. The van der Waals surface area contributed by atoms with E-state index in [0.717, 1.165) is 19.3 Å². The summed E-state index contributed by atoms with van der Waals surface area (Å²) in [5.41, 5.74) is 0. The Bertz CT molecular complexity index is 273. The van der Waals surface area contributed by atoms with Crippen LogP contribution in [0.2, 0.25) is 0 Å². The van der Waals surface area contributed by atoms with Crippen molar-refractivity contribution in [2.24, 2.45) is 5.92 Å². The number of hydrogen-bond donors (Lipinski definition) is 1. The first-order valence-electron chi connectivity index (χ1n) is 7.59. The van der Waals surface area contributed by atoms with E-state index in [1.54, 1.807) is 7.11 Å². The molecule has 19 heavy (non-hydrogen) atoms. The molecule has 1 heterocycles. The summed E-state index contributed by atoms with van der Waals surface area (Å²) in [6.45, 7) is 4.49. The van der Waals surface area contributed by atoms with Crippen LogP contribution in [0, 0.1) is 5.92 Å². The maximum atomic E-state index is 9.62. The zero-order chi connectivity index (χ0) is 13.9. The molecule has 0 aromatic rings. The molecule has 112 valence electrons. The van der Waals surface area contributed by atoms with Gasteiger partial charge in [0.25, 0.3) is 0 Å². The van der Waals surface area contributed by atoms with Crippen LogP contribution in [0.25, 0.3) is 0 Å². The third-order valence-electron chi connectivity index (χ3n) is 4.64. The molecule has 2 unspecified atom stereocenters. The van der Waals surface area contributed by atoms with Gasteiger partial charge in [0, 0.05) is 20.0 Å². The highest BCUT2D eigenvalue weighted by Crippen LogP contribution is 2.39. The largest absolute Gasteiger partial charge is 0.393 e. The second kappa shape index (κ2) is 6.53. The van der Waals surface area contributed by atoms with Gasteiger partial charge in [-0.15, -0.1) is 0 Å². The fraction of sp³-hybridized carbons (Fsp3) is 1.00. The van der Waals surface area contributed by atoms with Gasteiger partial charge in [-0.2, -0.15) is 0 Å². The Morgan fingerprint density at radius 1 is 1.26 bits per heavy atom. The van der Waals surface area contributed by atoms with Crippen molar-refractivity contribution in [3.8, 4) is 0 Å². The minimum absolute atomic E-state index is 0.00398. The monoisotopic (exact) mass is 272 g/mol. The van der Waals surface area contributed by atoms with Gasteiger partial charge in [-0.3, -0.25) is 0 Å². The van der Waals surface area contributed by atoms with Crippen LogP contribution >= 0.6 is 0 Å². The number of rotatable bonds is 5. The predicted octanol–water partition coefficient (Wildman–Crippen LogP) is 2.48. The second-order valence-electron chi connectivity index (χ2n) is 6.17. The van der Waals surface area contributed by atoms with E-state index in [-0.39, 0.29) is 30.0 Å².